The number of hydrogen-bond acceptors (Lipinski definition) is 8. The number of likely N-dealkylation sites (N-methyl/N-ethyl adjacent to an activating group) is 1. The van der Waals surface area contributed by atoms with Gasteiger partial charge < -0.3 is 19.7 Å². The molecule has 0 unspecified atom stereocenters. The fourth-order valence-corrected chi connectivity index (χ4v) is 2.97. The number of amides is 1. The van der Waals surface area contributed by atoms with Gasteiger partial charge in [0.15, 0.2) is 5.75 Å². The molecule has 0 saturated carbocycles. The number of anilines is 1. The molecule has 1 fully saturated rings. The van der Waals surface area contributed by atoms with Crippen LogP contribution in [0.2, 0.25) is 0 Å². The maximum Gasteiger partial charge on any atom is 0.273 e. The first-order valence-electron chi connectivity index (χ1n) is 7.98. The van der Waals surface area contributed by atoms with Gasteiger partial charge in [-0.15, -0.1) is 5.17 Å². The van der Waals surface area contributed by atoms with E-state index in [0.29, 0.717) is 29.7 Å². The first-order valence-corrected chi connectivity index (χ1v) is 7.98. The fraction of sp³-hybridized carbons (Fsp3) is 0.312. The predicted molar refractivity (Wildman–Crippen MR) is 90.4 cm³/mol. The van der Waals surface area contributed by atoms with Gasteiger partial charge >= 0.3 is 0 Å². The summed E-state index contributed by atoms with van der Waals surface area (Å²) in [5, 5.41) is 12.0. The Bertz CT molecular complexity index is 839. The van der Waals surface area contributed by atoms with Gasteiger partial charge in [0, 0.05) is 32.4 Å². The van der Waals surface area contributed by atoms with Crippen LogP contribution in [0.1, 0.15) is 10.5 Å². The minimum atomic E-state index is -0.181. The molecule has 0 aromatic carbocycles. The zero-order valence-corrected chi connectivity index (χ0v) is 13.7. The molecule has 25 heavy (non-hydrogen) atoms. The number of nitrogens with zero attached hydrogens (tertiary/aromatic N) is 5. The smallest absolute Gasteiger partial charge is 0.273 e. The largest absolute Gasteiger partial charge is 0.504 e. The van der Waals surface area contributed by atoms with Crippen LogP contribution in [0, 0.1) is 0 Å². The Morgan fingerprint density at radius 3 is 2.80 bits per heavy atom. The van der Waals surface area contributed by atoms with E-state index < -0.39 is 0 Å². The molecule has 0 atom stereocenters. The normalized spacial score (nSPS) is 17.6. The third kappa shape index (κ3) is 2.68. The number of hydrogen-bond donors (Lipinski definition) is 2. The SMILES string of the molecule is CN1CCN(C(=O)c2ncc(O)c3nccc(N4NC=CO4)c23)CC1. The van der Waals surface area contributed by atoms with Crippen molar-refractivity contribution in [2.45, 2.75) is 0 Å². The molecule has 2 N–H and O–H groups in total. The van der Waals surface area contributed by atoms with E-state index >= 15 is 0 Å². The second-order valence-corrected chi connectivity index (χ2v) is 5.97. The maximum absolute atomic E-state index is 13.0. The highest BCUT2D eigenvalue weighted by atomic mass is 16.7. The van der Waals surface area contributed by atoms with Crippen molar-refractivity contribution in [1.82, 2.24) is 25.2 Å². The van der Waals surface area contributed by atoms with Gasteiger partial charge in [-0.1, -0.05) is 0 Å². The van der Waals surface area contributed by atoms with E-state index in [1.165, 1.54) is 17.6 Å². The summed E-state index contributed by atoms with van der Waals surface area (Å²) in [6.45, 7) is 2.89. The zero-order chi connectivity index (χ0) is 17.4. The quantitative estimate of drug-likeness (QED) is 0.812. The van der Waals surface area contributed by atoms with Crippen molar-refractivity contribution >= 4 is 22.5 Å². The zero-order valence-electron chi connectivity index (χ0n) is 13.7. The van der Waals surface area contributed by atoms with Crippen molar-refractivity contribution in [3.05, 3.63) is 36.6 Å². The lowest BCUT2D eigenvalue weighted by Crippen LogP contribution is -2.47. The number of piperazine rings is 1. The molecule has 0 bridgehead atoms. The first kappa shape index (κ1) is 15.5. The van der Waals surface area contributed by atoms with E-state index in [9.17, 15) is 9.90 Å². The van der Waals surface area contributed by atoms with Gasteiger partial charge in [0.1, 0.15) is 23.2 Å². The second-order valence-electron chi connectivity index (χ2n) is 5.97. The van der Waals surface area contributed by atoms with Crippen molar-refractivity contribution in [2.24, 2.45) is 0 Å². The number of carbonyl (C=O) groups excluding carboxylic acids is 1. The highest BCUT2D eigenvalue weighted by Gasteiger charge is 2.27. The highest BCUT2D eigenvalue weighted by Crippen LogP contribution is 2.33. The summed E-state index contributed by atoms with van der Waals surface area (Å²) in [6.07, 6.45) is 5.90. The molecule has 2 aromatic rings. The van der Waals surface area contributed by atoms with Crippen LogP contribution in [0.25, 0.3) is 10.9 Å². The Hall–Kier alpha value is -3.07. The van der Waals surface area contributed by atoms with Gasteiger partial charge in [0.05, 0.1) is 17.8 Å². The van der Waals surface area contributed by atoms with Gasteiger partial charge in [0.2, 0.25) is 0 Å². The van der Waals surface area contributed by atoms with Crippen molar-refractivity contribution in [1.29, 1.82) is 0 Å². The van der Waals surface area contributed by atoms with Gasteiger partial charge in [-0.2, -0.15) is 0 Å². The molecule has 1 saturated heterocycles. The molecule has 0 aliphatic carbocycles. The summed E-state index contributed by atoms with van der Waals surface area (Å²) >= 11 is 0. The third-order valence-corrected chi connectivity index (χ3v) is 4.36. The number of carbonyl (C=O) groups is 1. The van der Waals surface area contributed by atoms with Crippen molar-refractivity contribution in [3.63, 3.8) is 0 Å². The van der Waals surface area contributed by atoms with Crippen molar-refractivity contribution < 1.29 is 14.7 Å². The third-order valence-electron chi connectivity index (χ3n) is 4.36. The fourth-order valence-electron chi connectivity index (χ4n) is 2.97. The Balaban J connectivity index is 1.80. The lowest BCUT2D eigenvalue weighted by atomic mass is 10.1. The number of pyridine rings is 2. The molecule has 4 rings (SSSR count). The number of nitrogens with one attached hydrogen (secondary N) is 1. The number of hydrazine groups is 1. The molecule has 4 heterocycles. The van der Waals surface area contributed by atoms with Crippen LogP contribution in [0.5, 0.6) is 5.75 Å². The number of rotatable bonds is 2. The Morgan fingerprint density at radius 1 is 1.28 bits per heavy atom. The van der Waals surface area contributed by atoms with Gasteiger partial charge in [-0.3, -0.25) is 15.2 Å². The van der Waals surface area contributed by atoms with Crippen LogP contribution in [0.15, 0.2) is 30.9 Å². The molecule has 0 radical (unpaired) electrons. The summed E-state index contributed by atoms with van der Waals surface area (Å²) in [7, 11) is 2.03. The van der Waals surface area contributed by atoms with Crippen LogP contribution in [-0.4, -0.2) is 64.0 Å². The molecule has 1 amide bonds. The minimum Gasteiger partial charge on any atom is -0.504 e. The van der Waals surface area contributed by atoms with E-state index in [-0.39, 0.29) is 17.4 Å². The van der Waals surface area contributed by atoms with Crippen molar-refractivity contribution in [2.75, 3.05) is 38.4 Å². The molecule has 2 aliphatic rings. The molecule has 2 aliphatic heterocycles. The number of aromatic nitrogens is 2. The Morgan fingerprint density at radius 2 is 2.08 bits per heavy atom. The number of aromatic hydroxyl groups is 1. The summed E-state index contributed by atoms with van der Waals surface area (Å²) in [5.41, 5.74) is 4.01. The van der Waals surface area contributed by atoms with E-state index in [1.54, 1.807) is 23.4 Å². The minimum absolute atomic E-state index is 0.0843. The lowest BCUT2D eigenvalue weighted by molar-refractivity contribution is 0.0660. The topological polar surface area (TPSA) is 94.1 Å². The van der Waals surface area contributed by atoms with Crippen LogP contribution in [-0.2, 0) is 4.84 Å². The summed E-state index contributed by atoms with van der Waals surface area (Å²) < 4.78 is 0. The summed E-state index contributed by atoms with van der Waals surface area (Å²) in [6, 6.07) is 1.70. The molecule has 9 heteroatoms. The monoisotopic (exact) mass is 342 g/mol. The van der Waals surface area contributed by atoms with Crippen LogP contribution in [0.3, 0.4) is 0 Å². The van der Waals surface area contributed by atoms with E-state index in [0.717, 1.165) is 13.1 Å². The number of fused-ring (bicyclic) bond motifs is 1. The average molecular weight is 342 g/mol. The molecule has 0 spiro atoms. The Labute approximate surface area is 144 Å². The highest BCUT2D eigenvalue weighted by molar-refractivity contribution is 6.10. The predicted octanol–water partition coefficient (Wildman–Crippen LogP) is 0.450. The van der Waals surface area contributed by atoms with Gasteiger partial charge in [-0.25, -0.2) is 4.98 Å². The van der Waals surface area contributed by atoms with Crippen molar-refractivity contribution in [3.8, 4) is 5.75 Å². The van der Waals surface area contributed by atoms with Gasteiger partial charge in [-0.05, 0) is 13.1 Å². The van der Waals surface area contributed by atoms with Crippen LogP contribution < -0.4 is 10.6 Å². The molecule has 9 nitrogen and oxygen atoms in total. The molecule has 130 valence electrons. The lowest BCUT2D eigenvalue weighted by Gasteiger charge is -2.32. The summed E-state index contributed by atoms with van der Waals surface area (Å²) in [5.74, 6) is -0.265. The average Bonchev–Trinajstić information content (AvgIpc) is 3.16. The van der Waals surface area contributed by atoms with Gasteiger partial charge in [0.25, 0.3) is 5.91 Å². The standard InChI is InChI=1S/C16H18N6O3/c1-20-5-7-21(8-6-20)16(24)15-13-11(22-19-4-9-25-22)2-3-17-14(13)12(23)10-18-15/h2-4,9-10,19,23H,5-8H2,1H3. The van der Waals surface area contributed by atoms with Crippen LogP contribution in [0.4, 0.5) is 5.69 Å². The van der Waals surface area contributed by atoms with E-state index in [2.05, 4.69) is 20.3 Å². The summed E-state index contributed by atoms with van der Waals surface area (Å²) in [4.78, 5) is 30.8. The maximum atomic E-state index is 13.0. The molecular weight excluding hydrogens is 324 g/mol. The van der Waals surface area contributed by atoms with E-state index in [1.807, 2.05) is 7.05 Å². The van der Waals surface area contributed by atoms with Crippen LogP contribution >= 0.6 is 0 Å². The second kappa shape index (κ2) is 6.10. The molecule has 2 aromatic heterocycles. The first-order chi connectivity index (χ1) is 12.1. The van der Waals surface area contributed by atoms with E-state index in [4.69, 9.17) is 4.84 Å². The Kier molecular flexibility index (Phi) is 3.77. The molecular formula is C16H18N6O3.